The number of thioether (sulfide) groups is 1. The van der Waals surface area contributed by atoms with Gasteiger partial charge in [-0.3, -0.25) is 0 Å². The van der Waals surface area contributed by atoms with Gasteiger partial charge in [0.1, 0.15) is 29.9 Å². The summed E-state index contributed by atoms with van der Waals surface area (Å²) in [6, 6.07) is 0. The van der Waals surface area contributed by atoms with Crippen LogP contribution in [0.25, 0.3) is 0 Å². The standard InChI is InChI=1S/C14H28O5S/c1-2-3-4-5-6-7-8-20-14-13(18)12(17)11(16)10(9-15)19-14/h10-18H,2-9H2,1H3/t10-,11+,12+,13-,14?/m1/s1/i7D/t7?,10-,11+,12+,13-,14?. The summed E-state index contributed by atoms with van der Waals surface area (Å²) in [6.45, 7) is 1.73. The normalized spacial score (nSPS) is 36.6. The minimum atomic E-state index is -1.33. The average molecular weight is 309 g/mol. The number of rotatable bonds is 9. The van der Waals surface area contributed by atoms with Crippen molar-refractivity contribution in [3.8, 4) is 0 Å². The van der Waals surface area contributed by atoms with Crippen LogP contribution in [0.4, 0.5) is 0 Å². The van der Waals surface area contributed by atoms with Crippen molar-refractivity contribution in [1.29, 1.82) is 0 Å². The Morgan fingerprint density at radius 2 is 1.75 bits per heavy atom. The van der Waals surface area contributed by atoms with Crippen molar-refractivity contribution in [1.82, 2.24) is 0 Å². The van der Waals surface area contributed by atoms with Crippen molar-refractivity contribution in [2.24, 2.45) is 0 Å². The van der Waals surface area contributed by atoms with E-state index in [1.54, 1.807) is 0 Å². The summed E-state index contributed by atoms with van der Waals surface area (Å²) >= 11 is 1.26. The van der Waals surface area contributed by atoms with E-state index in [4.69, 9.17) is 11.2 Å². The molecule has 1 heterocycles. The minimum absolute atomic E-state index is 0.237. The Hall–Kier alpha value is 0.150. The van der Waals surface area contributed by atoms with Crippen LogP contribution < -0.4 is 0 Å². The van der Waals surface area contributed by atoms with Crippen molar-refractivity contribution < 1.29 is 26.5 Å². The highest BCUT2D eigenvalue weighted by atomic mass is 32.2. The van der Waals surface area contributed by atoms with Gasteiger partial charge >= 0.3 is 0 Å². The van der Waals surface area contributed by atoms with Crippen LogP contribution in [0.3, 0.4) is 0 Å². The molecule has 0 radical (unpaired) electrons. The summed E-state index contributed by atoms with van der Waals surface area (Å²) in [5, 5.41) is 38.3. The van der Waals surface area contributed by atoms with Crippen LogP contribution in [-0.4, -0.2) is 62.6 Å². The zero-order valence-corrected chi connectivity index (χ0v) is 12.8. The molecule has 1 aliphatic heterocycles. The molecule has 1 saturated heterocycles. The molecule has 4 N–H and O–H groups in total. The molecule has 0 amide bonds. The summed E-state index contributed by atoms with van der Waals surface area (Å²) in [6.07, 6.45) is 0.367. The van der Waals surface area contributed by atoms with E-state index < -0.39 is 36.5 Å². The molecule has 120 valence electrons. The average Bonchev–Trinajstić information content (AvgIpc) is 2.48. The lowest BCUT2D eigenvalue weighted by molar-refractivity contribution is -0.205. The second-order valence-electron chi connectivity index (χ2n) is 5.17. The van der Waals surface area contributed by atoms with E-state index in [-0.39, 0.29) is 6.40 Å². The van der Waals surface area contributed by atoms with Crippen molar-refractivity contribution in [2.75, 3.05) is 12.4 Å². The van der Waals surface area contributed by atoms with Crippen LogP contribution in [0.1, 0.15) is 46.8 Å². The fourth-order valence-electron chi connectivity index (χ4n) is 2.17. The first-order chi connectivity index (χ1) is 10.0. The summed E-state index contributed by atoms with van der Waals surface area (Å²) in [7, 11) is 0. The number of ether oxygens (including phenoxy) is 1. The van der Waals surface area contributed by atoms with Gasteiger partial charge in [0.15, 0.2) is 0 Å². The van der Waals surface area contributed by atoms with E-state index in [0.29, 0.717) is 5.75 Å². The predicted octanol–water partition coefficient (Wildman–Crippen LogP) is 0.880. The highest BCUT2D eigenvalue weighted by molar-refractivity contribution is 7.99. The lowest BCUT2D eigenvalue weighted by atomic mass is 10.0. The Balaban J connectivity index is 2.32. The number of hydrogen-bond donors (Lipinski definition) is 4. The van der Waals surface area contributed by atoms with Gasteiger partial charge in [-0.05, 0) is 12.1 Å². The highest BCUT2D eigenvalue weighted by Crippen LogP contribution is 2.29. The molecule has 20 heavy (non-hydrogen) atoms. The van der Waals surface area contributed by atoms with Gasteiger partial charge in [0, 0.05) is 1.37 Å². The number of aliphatic hydroxyl groups is 4. The maximum atomic E-state index is 9.88. The molecule has 0 bridgehead atoms. The second-order valence-corrected chi connectivity index (χ2v) is 6.30. The molecule has 1 fully saturated rings. The molecule has 6 atom stereocenters. The Morgan fingerprint density at radius 3 is 2.40 bits per heavy atom. The van der Waals surface area contributed by atoms with Crippen LogP contribution in [0, 0.1) is 0 Å². The topological polar surface area (TPSA) is 90.2 Å². The SMILES string of the molecule is [2H]C(CCCCCC)CSC1O[C@H](CO)[C@H](O)[C@H](O)[C@H]1O. The monoisotopic (exact) mass is 309 g/mol. The summed E-state index contributed by atoms with van der Waals surface area (Å²) in [5.74, 6) is 0.495. The van der Waals surface area contributed by atoms with E-state index in [9.17, 15) is 15.3 Å². The molecule has 2 unspecified atom stereocenters. The first kappa shape index (κ1) is 16.5. The van der Waals surface area contributed by atoms with Crippen molar-refractivity contribution in [2.45, 2.75) is 75.3 Å². The molecule has 6 heteroatoms. The van der Waals surface area contributed by atoms with Gasteiger partial charge < -0.3 is 25.2 Å². The Bertz CT molecular complexity index is 282. The maximum Gasteiger partial charge on any atom is 0.132 e. The number of hydrogen-bond acceptors (Lipinski definition) is 6. The molecule has 1 rings (SSSR count). The van der Waals surface area contributed by atoms with Crippen LogP contribution in [0.2, 0.25) is 0 Å². The van der Waals surface area contributed by atoms with Crippen LogP contribution in [-0.2, 0) is 4.74 Å². The summed E-state index contributed by atoms with van der Waals surface area (Å²) < 4.78 is 13.4. The molecular weight excluding hydrogens is 280 g/mol. The van der Waals surface area contributed by atoms with E-state index in [0.717, 1.165) is 19.3 Å². The van der Waals surface area contributed by atoms with E-state index in [1.807, 2.05) is 0 Å². The fraction of sp³-hybridized carbons (Fsp3) is 1.00. The molecule has 0 aliphatic carbocycles. The maximum absolute atomic E-state index is 9.88. The molecule has 0 aromatic carbocycles. The van der Waals surface area contributed by atoms with Crippen molar-refractivity contribution in [3.05, 3.63) is 0 Å². The van der Waals surface area contributed by atoms with E-state index >= 15 is 0 Å². The molecular formula is C14H28O5S. The van der Waals surface area contributed by atoms with Crippen LogP contribution in [0.5, 0.6) is 0 Å². The lowest BCUT2D eigenvalue weighted by Crippen LogP contribution is -2.57. The van der Waals surface area contributed by atoms with E-state index in [2.05, 4.69) is 6.92 Å². The Labute approximate surface area is 126 Å². The molecule has 1 aliphatic rings. The summed E-state index contributed by atoms with van der Waals surface area (Å²) in [4.78, 5) is 0. The van der Waals surface area contributed by atoms with Crippen LogP contribution in [0.15, 0.2) is 0 Å². The zero-order valence-electron chi connectivity index (χ0n) is 13.0. The van der Waals surface area contributed by atoms with Gasteiger partial charge in [-0.25, -0.2) is 0 Å². The third-order valence-corrected chi connectivity index (χ3v) is 4.64. The summed E-state index contributed by atoms with van der Waals surface area (Å²) in [5.41, 5.74) is -0.718. The number of aliphatic hydroxyl groups excluding tert-OH is 4. The third-order valence-electron chi connectivity index (χ3n) is 3.49. The molecule has 0 spiro atoms. The van der Waals surface area contributed by atoms with Gasteiger partial charge in [-0.1, -0.05) is 39.0 Å². The predicted molar refractivity (Wildman–Crippen MR) is 79.6 cm³/mol. The minimum Gasteiger partial charge on any atom is -0.394 e. The van der Waals surface area contributed by atoms with Gasteiger partial charge in [-0.2, -0.15) is 0 Å². The van der Waals surface area contributed by atoms with E-state index in [1.165, 1.54) is 24.6 Å². The Kier molecular flexibility index (Phi) is 8.24. The molecule has 0 saturated carbocycles. The Morgan fingerprint density at radius 1 is 1.05 bits per heavy atom. The van der Waals surface area contributed by atoms with Crippen molar-refractivity contribution in [3.63, 3.8) is 0 Å². The smallest absolute Gasteiger partial charge is 0.132 e. The first-order valence-electron chi connectivity index (χ1n) is 7.93. The quantitative estimate of drug-likeness (QED) is 0.473. The third kappa shape index (κ3) is 5.50. The number of unbranched alkanes of at least 4 members (excludes halogenated alkanes) is 3. The van der Waals surface area contributed by atoms with Gasteiger partial charge in [0.2, 0.25) is 0 Å². The second kappa shape index (κ2) is 9.97. The fourth-order valence-corrected chi connectivity index (χ4v) is 3.24. The molecule has 0 aromatic heterocycles. The van der Waals surface area contributed by atoms with Crippen molar-refractivity contribution >= 4 is 11.8 Å². The zero-order chi connectivity index (χ0) is 15.8. The van der Waals surface area contributed by atoms with Gasteiger partial charge in [0.25, 0.3) is 0 Å². The highest BCUT2D eigenvalue weighted by Gasteiger charge is 2.43. The molecule has 5 nitrogen and oxygen atoms in total. The van der Waals surface area contributed by atoms with Crippen LogP contribution >= 0.6 is 11.8 Å². The van der Waals surface area contributed by atoms with Gasteiger partial charge in [0.05, 0.1) is 6.61 Å². The largest absolute Gasteiger partial charge is 0.394 e. The molecule has 0 aromatic rings. The first-order valence-corrected chi connectivity index (χ1v) is 8.40. The van der Waals surface area contributed by atoms with Gasteiger partial charge in [-0.15, -0.1) is 11.8 Å². The lowest BCUT2D eigenvalue weighted by Gasteiger charge is -2.39.